The van der Waals surface area contributed by atoms with E-state index in [0.717, 1.165) is 25.7 Å². The fourth-order valence-corrected chi connectivity index (χ4v) is 6.76. The minimum Gasteiger partial charge on any atom is -0.459 e. The van der Waals surface area contributed by atoms with Gasteiger partial charge in [0.2, 0.25) is 0 Å². The van der Waals surface area contributed by atoms with E-state index >= 15 is 0 Å². The molecule has 4 saturated carbocycles. The fraction of sp³-hybridized carbons (Fsp3) is 0.947. The summed E-state index contributed by atoms with van der Waals surface area (Å²) >= 11 is 0. The Hall–Kier alpha value is -0.530. The Balaban J connectivity index is 1.90. The lowest BCUT2D eigenvalue weighted by Gasteiger charge is -2.68. The van der Waals surface area contributed by atoms with E-state index in [-0.39, 0.29) is 17.0 Å². The number of carbonyl (C=O) groups is 1. The molecule has 0 aliphatic heterocycles. The van der Waals surface area contributed by atoms with Crippen LogP contribution in [0.15, 0.2) is 0 Å². The molecule has 4 aliphatic rings. The predicted molar refractivity (Wildman–Crippen MR) is 84.9 cm³/mol. The lowest BCUT2D eigenvalue weighted by Crippen LogP contribution is -2.63. The van der Waals surface area contributed by atoms with Crippen LogP contribution in [0.5, 0.6) is 0 Å². The van der Waals surface area contributed by atoms with Crippen LogP contribution in [0.1, 0.15) is 86.5 Å². The van der Waals surface area contributed by atoms with Crippen LogP contribution in [0.3, 0.4) is 0 Å². The molecule has 4 bridgehead atoms. The van der Waals surface area contributed by atoms with E-state index in [4.69, 9.17) is 4.74 Å². The maximum Gasteiger partial charge on any atom is 0.312 e. The third-order valence-corrected chi connectivity index (χ3v) is 6.55. The Kier molecular flexibility index (Phi) is 2.97. The van der Waals surface area contributed by atoms with Crippen molar-refractivity contribution in [3.8, 4) is 0 Å². The van der Waals surface area contributed by atoms with E-state index < -0.39 is 0 Å². The first kappa shape index (κ1) is 15.4. The van der Waals surface area contributed by atoms with Gasteiger partial charge in [0.1, 0.15) is 5.60 Å². The zero-order valence-corrected chi connectivity index (χ0v) is 14.8. The quantitative estimate of drug-likeness (QED) is 0.676. The van der Waals surface area contributed by atoms with Crippen LogP contribution in [-0.4, -0.2) is 11.6 Å². The Morgan fingerprint density at radius 2 is 1.29 bits per heavy atom. The lowest BCUT2D eigenvalue weighted by atomic mass is 9.39. The van der Waals surface area contributed by atoms with Gasteiger partial charge in [0.05, 0.1) is 5.41 Å². The number of rotatable bonds is 3. The molecule has 0 radical (unpaired) electrons. The van der Waals surface area contributed by atoms with Gasteiger partial charge in [0, 0.05) is 0 Å². The van der Waals surface area contributed by atoms with Crippen molar-refractivity contribution in [2.24, 2.45) is 21.7 Å². The molecule has 2 heteroatoms. The van der Waals surface area contributed by atoms with Gasteiger partial charge in [-0.05, 0) is 75.0 Å². The third-order valence-electron chi connectivity index (χ3n) is 6.55. The van der Waals surface area contributed by atoms with Gasteiger partial charge in [0.25, 0.3) is 0 Å². The standard InChI is InChI=1S/C19H32O2/c1-7-15(2,3)14(20)21-19-11-16(4)8-17(5,12-19)10-18(6,9-16)13-19/h7-13H2,1-6H3. The molecule has 0 amide bonds. The van der Waals surface area contributed by atoms with Gasteiger partial charge in [-0.2, -0.15) is 0 Å². The Labute approximate surface area is 130 Å². The molecule has 120 valence electrons. The maximum absolute atomic E-state index is 12.7. The monoisotopic (exact) mass is 292 g/mol. The molecule has 2 nitrogen and oxygen atoms in total. The van der Waals surface area contributed by atoms with E-state index in [2.05, 4.69) is 27.7 Å². The summed E-state index contributed by atoms with van der Waals surface area (Å²) in [5, 5.41) is 0. The molecule has 4 rings (SSSR count). The summed E-state index contributed by atoms with van der Waals surface area (Å²) in [6.45, 7) is 13.4. The van der Waals surface area contributed by atoms with Gasteiger partial charge in [-0.25, -0.2) is 0 Å². The van der Waals surface area contributed by atoms with Crippen LogP contribution in [-0.2, 0) is 9.53 Å². The molecule has 21 heavy (non-hydrogen) atoms. The molecule has 0 aromatic carbocycles. The maximum atomic E-state index is 12.7. The molecule has 4 aliphatic carbocycles. The van der Waals surface area contributed by atoms with Crippen molar-refractivity contribution in [3.05, 3.63) is 0 Å². The second kappa shape index (κ2) is 4.06. The number of hydrogen-bond acceptors (Lipinski definition) is 2. The topological polar surface area (TPSA) is 26.3 Å². The van der Waals surface area contributed by atoms with Crippen molar-refractivity contribution in [1.29, 1.82) is 0 Å². The fourth-order valence-electron chi connectivity index (χ4n) is 6.76. The summed E-state index contributed by atoms with van der Waals surface area (Å²) in [6, 6.07) is 0. The highest BCUT2D eigenvalue weighted by atomic mass is 16.6. The normalized spacial score (nSPS) is 48.5. The van der Waals surface area contributed by atoms with Gasteiger partial charge in [-0.3, -0.25) is 4.79 Å². The molecule has 0 spiro atoms. The van der Waals surface area contributed by atoms with Crippen LogP contribution in [0.4, 0.5) is 0 Å². The summed E-state index contributed by atoms with van der Waals surface area (Å²) < 4.78 is 6.26. The average Bonchev–Trinajstić information content (AvgIpc) is 2.21. The highest BCUT2D eigenvalue weighted by Crippen LogP contribution is 2.71. The molecular weight excluding hydrogens is 260 g/mol. The molecule has 0 atom stereocenters. The summed E-state index contributed by atoms with van der Waals surface area (Å²) in [5.74, 6) is 0.0164. The first-order valence-corrected chi connectivity index (χ1v) is 8.67. The van der Waals surface area contributed by atoms with Crippen molar-refractivity contribution >= 4 is 5.97 Å². The SMILES string of the molecule is CCC(C)(C)C(=O)OC12CC3(C)CC(C)(CC(C)(C3)C1)C2. The molecular formula is C19H32O2. The number of carbonyl (C=O) groups excluding carboxylic acids is 1. The molecule has 0 heterocycles. The van der Waals surface area contributed by atoms with Crippen LogP contribution in [0.2, 0.25) is 0 Å². The smallest absolute Gasteiger partial charge is 0.312 e. The molecule has 0 N–H and O–H groups in total. The number of esters is 1. The Morgan fingerprint density at radius 1 is 0.905 bits per heavy atom. The van der Waals surface area contributed by atoms with Crippen LogP contribution >= 0.6 is 0 Å². The molecule has 0 saturated heterocycles. The van der Waals surface area contributed by atoms with Crippen LogP contribution in [0.25, 0.3) is 0 Å². The van der Waals surface area contributed by atoms with E-state index in [9.17, 15) is 4.79 Å². The van der Waals surface area contributed by atoms with E-state index in [1.54, 1.807) is 0 Å². The van der Waals surface area contributed by atoms with Crippen LogP contribution < -0.4 is 0 Å². The van der Waals surface area contributed by atoms with Crippen molar-refractivity contribution in [3.63, 3.8) is 0 Å². The van der Waals surface area contributed by atoms with E-state index in [0.29, 0.717) is 16.2 Å². The lowest BCUT2D eigenvalue weighted by molar-refractivity contribution is -0.241. The third kappa shape index (κ3) is 2.43. The highest BCUT2D eigenvalue weighted by molar-refractivity contribution is 5.76. The van der Waals surface area contributed by atoms with Crippen molar-refractivity contribution in [2.45, 2.75) is 92.1 Å². The van der Waals surface area contributed by atoms with Crippen molar-refractivity contribution < 1.29 is 9.53 Å². The summed E-state index contributed by atoms with van der Waals surface area (Å²) in [5.41, 5.74) is 0.571. The summed E-state index contributed by atoms with van der Waals surface area (Å²) in [6.07, 6.45) is 8.02. The first-order valence-electron chi connectivity index (χ1n) is 8.67. The Bertz CT molecular complexity index is 422. The van der Waals surface area contributed by atoms with E-state index in [1.165, 1.54) is 19.3 Å². The zero-order chi connectivity index (χ0) is 15.7. The largest absolute Gasteiger partial charge is 0.459 e. The average molecular weight is 292 g/mol. The zero-order valence-electron chi connectivity index (χ0n) is 14.8. The molecule has 0 aromatic rings. The summed E-state index contributed by atoms with van der Waals surface area (Å²) in [4.78, 5) is 12.7. The predicted octanol–water partition coefficient (Wildman–Crippen LogP) is 5.10. The van der Waals surface area contributed by atoms with Gasteiger partial charge < -0.3 is 4.74 Å². The number of ether oxygens (including phenoxy) is 1. The Morgan fingerprint density at radius 3 is 1.62 bits per heavy atom. The first-order chi connectivity index (χ1) is 9.43. The van der Waals surface area contributed by atoms with Crippen LogP contribution in [0, 0.1) is 21.7 Å². The van der Waals surface area contributed by atoms with Crippen molar-refractivity contribution in [2.75, 3.05) is 0 Å². The minimum absolute atomic E-state index is 0.0164. The van der Waals surface area contributed by atoms with E-state index in [1.807, 2.05) is 13.8 Å². The highest BCUT2D eigenvalue weighted by Gasteiger charge is 2.65. The van der Waals surface area contributed by atoms with Crippen molar-refractivity contribution in [1.82, 2.24) is 0 Å². The molecule has 4 fully saturated rings. The molecule has 0 unspecified atom stereocenters. The van der Waals surface area contributed by atoms with Gasteiger partial charge >= 0.3 is 5.97 Å². The van der Waals surface area contributed by atoms with Gasteiger partial charge in [-0.15, -0.1) is 0 Å². The summed E-state index contributed by atoms with van der Waals surface area (Å²) in [7, 11) is 0. The second-order valence-corrected chi connectivity index (χ2v) is 10.3. The molecule has 0 aromatic heterocycles. The minimum atomic E-state index is -0.355. The second-order valence-electron chi connectivity index (χ2n) is 10.3. The number of hydrogen-bond donors (Lipinski definition) is 0. The van der Waals surface area contributed by atoms with Gasteiger partial charge in [-0.1, -0.05) is 27.7 Å². The van der Waals surface area contributed by atoms with Gasteiger partial charge in [0.15, 0.2) is 0 Å².